The number of imide groups is 1. The van der Waals surface area contributed by atoms with Crippen LogP contribution in [0, 0.1) is 5.82 Å². The summed E-state index contributed by atoms with van der Waals surface area (Å²) in [5.41, 5.74) is -0.713. The van der Waals surface area contributed by atoms with Crippen molar-refractivity contribution in [3.05, 3.63) is 30.1 Å². The Bertz CT molecular complexity index is 736. The minimum atomic E-state index is -1.16. The van der Waals surface area contributed by atoms with E-state index in [-0.39, 0.29) is 0 Å². The molecule has 1 aromatic carbocycles. The summed E-state index contributed by atoms with van der Waals surface area (Å²) in [6.45, 7) is 4.06. The number of anilines is 1. The van der Waals surface area contributed by atoms with Crippen LogP contribution >= 0.6 is 0 Å². The largest absolute Gasteiger partial charge is 0.451 e. The van der Waals surface area contributed by atoms with Crippen molar-refractivity contribution in [2.24, 2.45) is 0 Å². The predicted molar refractivity (Wildman–Crippen MR) is 89.5 cm³/mol. The van der Waals surface area contributed by atoms with Crippen LogP contribution in [-0.2, 0) is 19.1 Å². The number of hydrogen-bond donors (Lipinski definition) is 2. The highest BCUT2D eigenvalue weighted by Gasteiger charge is 2.47. The summed E-state index contributed by atoms with van der Waals surface area (Å²) >= 11 is 0. The number of nitrogens with zero attached hydrogens (tertiary/aromatic N) is 1. The highest BCUT2D eigenvalue weighted by atomic mass is 19.1. The number of esters is 1. The first-order valence-corrected chi connectivity index (χ1v) is 8.06. The molecule has 0 aliphatic carbocycles. The van der Waals surface area contributed by atoms with E-state index < -0.39 is 47.8 Å². The van der Waals surface area contributed by atoms with Crippen LogP contribution in [0.5, 0.6) is 0 Å². The fraction of sp³-hybridized carbons (Fsp3) is 0.412. The molecule has 0 radical (unpaired) electrons. The second-order valence-corrected chi connectivity index (χ2v) is 6.14. The molecule has 0 spiro atoms. The molecule has 1 heterocycles. The van der Waals surface area contributed by atoms with E-state index in [4.69, 9.17) is 4.74 Å². The Morgan fingerprint density at radius 2 is 1.92 bits per heavy atom. The Kier molecular flexibility index (Phi) is 5.59. The number of rotatable bonds is 6. The van der Waals surface area contributed by atoms with Gasteiger partial charge in [-0.3, -0.25) is 19.3 Å². The third kappa shape index (κ3) is 4.16. The van der Waals surface area contributed by atoms with Crippen LogP contribution in [0.2, 0.25) is 0 Å². The van der Waals surface area contributed by atoms with E-state index in [2.05, 4.69) is 10.6 Å². The Balaban J connectivity index is 1.90. The van der Waals surface area contributed by atoms with Crippen molar-refractivity contribution < 1.29 is 28.3 Å². The van der Waals surface area contributed by atoms with Gasteiger partial charge in [0.15, 0.2) is 6.10 Å². The van der Waals surface area contributed by atoms with Gasteiger partial charge in [-0.2, -0.15) is 0 Å². The van der Waals surface area contributed by atoms with Gasteiger partial charge in [0.25, 0.3) is 11.8 Å². The van der Waals surface area contributed by atoms with E-state index in [1.807, 2.05) is 0 Å². The molecule has 2 atom stereocenters. The molecule has 1 aliphatic heterocycles. The first-order chi connectivity index (χ1) is 12.2. The quantitative estimate of drug-likeness (QED) is 0.586. The SMILES string of the molecule is CC[C@@]1(C)NC(=O)N(CC(=O)O[C@@H](C)C(=O)Nc2ccc(F)cc2)C1=O. The molecule has 1 aromatic rings. The van der Waals surface area contributed by atoms with Crippen LogP contribution in [0.3, 0.4) is 0 Å². The molecule has 8 nitrogen and oxygen atoms in total. The van der Waals surface area contributed by atoms with Gasteiger partial charge >= 0.3 is 12.0 Å². The van der Waals surface area contributed by atoms with Gasteiger partial charge < -0.3 is 15.4 Å². The van der Waals surface area contributed by atoms with E-state index in [1.165, 1.54) is 31.2 Å². The maximum atomic E-state index is 12.8. The molecule has 4 amide bonds. The second-order valence-electron chi connectivity index (χ2n) is 6.14. The zero-order chi connectivity index (χ0) is 19.5. The Labute approximate surface area is 149 Å². The maximum absolute atomic E-state index is 12.8. The number of urea groups is 1. The van der Waals surface area contributed by atoms with Gasteiger partial charge in [-0.05, 0) is 44.5 Å². The third-order valence-corrected chi connectivity index (χ3v) is 4.13. The van der Waals surface area contributed by atoms with Gasteiger partial charge in [-0.1, -0.05) is 6.92 Å². The van der Waals surface area contributed by atoms with Crippen LogP contribution in [0.15, 0.2) is 24.3 Å². The number of halogens is 1. The van der Waals surface area contributed by atoms with Crippen molar-refractivity contribution in [3.63, 3.8) is 0 Å². The molecule has 1 aliphatic rings. The van der Waals surface area contributed by atoms with Crippen LogP contribution in [0.4, 0.5) is 14.9 Å². The van der Waals surface area contributed by atoms with Crippen molar-refractivity contribution in [2.75, 3.05) is 11.9 Å². The average Bonchev–Trinajstić information content (AvgIpc) is 2.80. The Morgan fingerprint density at radius 1 is 1.31 bits per heavy atom. The molecule has 0 saturated carbocycles. The topological polar surface area (TPSA) is 105 Å². The Morgan fingerprint density at radius 3 is 2.46 bits per heavy atom. The lowest BCUT2D eigenvalue weighted by Gasteiger charge is -2.19. The molecule has 0 aromatic heterocycles. The van der Waals surface area contributed by atoms with E-state index >= 15 is 0 Å². The summed E-state index contributed by atoms with van der Waals surface area (Å²) in [4.78, 5) is 48.8. The van der Waals surface area contributed by atoms with E-state index in [0.717, 1.165) is 4.90 Å². The van der Waals surface area contributed by atoms with E-state index in [1.54, 1.807) is 13.8 Å². The van der Waals surface area contributed by atoms with Gasteiger partial charge in [-0.15, -0.1) is 0 Å². The molecule has 2 N–H and O–H groups in total. The van der Waals surface area contributed by atoms with E-state index in [0.29, 0.717) is 12.1 Å². The lowest BCUT2D eigenvalue weighted by Crippen LogP contribution is -2.44. The number of carbonyl (C=O) groups is 4. The van der Waals surface area contributed by atoms with E-state index in [9.17, 15) is 23.6 Å². The number of carbonyl (C=O) groups excluding carboxylic acids is 4. The summed E-state index contributed by atoms with van der Waals surface area (Å²) in [6, 6.07) is 4.39. The zero-order valence-corrected chi connectivity index (χ0v) is 14.7. The summed E-state index contributed by atoms with van der Waals surface area (Å²) in [5.74, 6) is -2.49. The summed E-state index contributed by atoms with van der Waals surface area (Å²) in [5, 5.41) is 4.98. The monoisotopic (exact) mass is 365 g/mol. The number of hydrogen-bond acceptors (Lipinski definition) is 5. The fourth-order valence-corrected chi connectivity index (χ4v) is 2.32. The third-order valence-electron chi connectivity index (χ3n) is 4.13. The summed E-state index contributed by atoms with van der Waals surface area (Å²) in [7, 11) is 0. The van der Waals surface area contributed by atoms with Crippen molar-refractivity contribution >= 4 is 29.5 Å². The van der Waals surface area contributed by atoms with Crippen molar-refractivity contribution in [2.45, 2.75) is 38.8 Å². The lowest BCUT2D eigenvalue weighted by atomic mass is 9.99. The summed E-state index contributed by atoms with van der Waals surface area (Å²) in [6.07, 6.45) is -0.787. The predicted octanol–water partition coefficient (Wildman–Crippen LogP) is 1.42. The molecule has 9 heteroatoms. The van der Waals surface area contributed by atoms with Crippen LogP contribution in [-0.4, -0.2) is 46.9 Å². The van der Waals surface area contributed by atoms with Crippen molar-refractivity contribution in [3.8, 4) is 0 Å². The average molecular weight is 365 g/mol. The molecule has 1 fully saturated rings. The minimum Gasteiger partial charge on any atom is -0.451 e. The highest BCUT2D eigenvalue weighted by molar-refractivity contribution is 6.08. The van der Waals surface area contributed by atoms with Gasteiger partial charge in [0.1, 0.15) is 17.9 Å². The number of nitrogens with one attached hydrogen (secondary N) is 2. The van der Waals surface area contributed by atoms with Crippen LogP contribution < -0.4 is 10.6 Å². The lowest BCUT2D eigenvalue weighted by molar-refractivity contribution is -0.155. The molecule has 26 heavy (non-hydrogen) atoms. The number of benzene rings is 1. The molecule has 0 unspecified atom stereocenters. The first-order valence-electron chi connectivity index (χ1n) is 8.06. The standard InChI is InChI=1S/C17H20FN3O5/c1-4-17(3)15(24)21(16(25)20-17)9-13(22)26-10(2)14(23)19-12-7-5-11(18)6-8-12/h5-8,10H,4,9H2,1-3H3,(H,19,23)(H,20,25)/t10-,17+/m0/s1. The van der Waals surface area contributed by atoms with Crippen molar-refractivity contribution in [1.29, 1.82) is 0 Å². The Hall–Kier alpha value is -2.97. The molecule has 1 saturated heterocycles. The van der Waals surface area contributed by atoms with Gasteiger partial charge in [-0.25, -0.2) is 9.18 Å². The second kappa shape index (κ2) is 7.51. The van der Waals surface area contributed by atoms with Crippen molar-refractivity contribution in [1.82, 2.24) is 10.2 Å². The minimum absolute atomic E-state index is 0.340. The van der Waals surface area contributed by atoms with Crippen LogP contribution in [0.25, 0.3) is 0 Å². The summed E-state index contributed by atoms with van der Waals surface area (Å²) < 4.78 is 17.8. The first kappa shape index (κ1) is 19.4. The molecule has 140 valence electrons. The van der Waals surface area contributed by atoms with Gasteiger partial charge in [0.05, 0.1) is 0 Å². The maximum Gasteiger partial charge on any atom is 0.327 e. The normalized spacial score (nSPS) is 20.5. The zero-order valence-electron chi connectivity index (χ0n) is 14.7. The molecule has 2 rings (SSSR count). The van der Waals surface area contributed by atoms with Gasteiger partial charge in [0.2, 0.25) is 0 Å². The molecule has 0 bridgehead atoms. The van der Waals surface area contributed by atoms with Crippen LogP contribution in [0.1, 0.15) is 27.2 Å². The smallest absolute Gasteiger partial charge is 0.327 e. The number of ether oxygens (including phenoxy) is 1. The number of amides is 4. The van der Waals surface area contributed by atoms with Gasteiger partial charge in [0, 0.05) is 5.69 Å². The molecular weight excluding hydrogens is 345 g/mol. The fourth-order valence-electron chi connectivity index (χ4n) is 2.32. The highest BCUT2D eigenvalue weighted by Crippen LogP contribution is 2.20. The molecular formula is C17H20FN3O5.